The fraction of sp³-hybridized carbons (Fsp3) is 0.786. The van der Waals surface area contributed by atoms with E-state index in [1.165, 1.54) is 6.42 Å². The number of carbonyl (C=O) groups excluding carboxylic acids is 1. The predicted octanol–water partition coefficient (Wildman–Crippen LogP) is 3.17. The van der Waals surface area contributed by atoms with E-state index in [9.17, 15) is 4.79 Å². The molecule has 2 atom stereocenters. The molecule has 0 spiro atoms. The Kier molecular flexibility index (Phi) is 6.09. The van der Waals surface area contributed by atoms with Crippen LogP contribution in [0.3, 0.4) is 0 Å². The highest BCUT2D eigenvalue weighted by molar-refractivity contribution is 5.74. The van der Waals surface area contributed by atoms with Gasteiger partial charge in [-0.1, -0.05) is 25.5 Å². The molecule has 2 amide bonds. The fourth-order valence-electron chi connectivity index (χ4n) is 2.21. The van der Waals surface area contributed by atoms with Crippen molar-refractivity contribution < 1.29 is 4.79 Å². The average Bonchev–Trinajstić information content (AvgIpc) is 2.36. The van der Waals surface area contributed by atoms with Crippen LogP contribution < -0.4 is 5.32 Å². The number of nitrogens with one attached hydrogen (secondary N) is 1. The van der Waals surface area contributed by atoms with Crippen LogP contribution in [0.25, 0.3) is 0 Å². The Bertz CT molecular complexity index is 263. The lowest BCUT2D eigenvalue weighted by Gasteiger charge is -2.26. The fourth-order valence-corrected chi connectivity index (χ4v) is 2.21. The van der Waals surface area contributed by atoms with Crippen molar-refractivity contribution in [3.05, 3.63) is 12.2 Å². The van der Waals surface area contributed by atoms with Crippen molar-refractivity contribution in [1.82, 2.24) is 10.2 Å². The zero-order valence-electron chi connectivity index (χ0n) is 11.4. The van der Waals surface area contributed by atoms with E-state index in [1.807, 2.05) is 11.9 Å². The van der Waals surface area contributed by atoms with Crippen LogP contribution in [0, 0.1) is 5.92 Å². The van der Waals surface area contributed by atoms with E-state index in [1.54, 1.807) is 0 Å². The number of hydrogen-bond acceptors (Lipinski definition) is 1. The Morgan fingerprint density at radius 3 is 2.88 bits per heavy atom. The summed E-state index contributed by atoms with van der Waals surface area (Å²) >= 11 is 0. The molecule has 0 fully saturated rings. The Hall–Kier alpha value is -0.990. The van der Waals surface area contributed by atoms with E-state index in [0.717, 1.165) is 32.2 Å². The van der Waals surface area contributed by atoms with Gasteiger partial charge in [-0.2, -0.15) is 0 Å². The molecule has 98 valence electrons. The van der Waals surface area contributed by atoms with E-state index < -0.39 is 0 Å². The summed E-state index contributed by atoms with van der Waals surface area (Å²) in [7, 11) is 1.89. The molecule has 2 unspecified atom stereocenters. The molecule has 1 N–H and O–H groups in total. The molecule has 0 aromatic heterocycles. The van der Waals surface area contributed by atoms with E-state index in [-0.39, 0.29) is 6.03 Å². The maximum absolute atomic E-state index is 11.9. The number of carbonyl (C=O) groups is 1. The number of amides is 2. The second-order valence-corrected chi connectivity index (χ2v) is 5.09. The van der Waals surface area contributed by atoms with Crippen LogP contribution in [-0.2, 0) is 0 Å². The van der Waals surface area contributed by atoms with Gasteiger partial charge < -0.3 is 10.2 Å². The quantitative estimate of drug-likeness (QED) is 0.733. The Labute approximate surface area is 105 Å². The largest absolute Gasteiger partial charge is 0.338 e. The molecule has 1 aliphatic rings. The van der Waals surface area contributed by atoms with Crippen molar-refractivity contribution in [1.29, 1.82) is 0 Å². The summed E-state index contributed by atoms with van der Waals surface area (Å²) in [6, 6.07) is 0.395. The Morgan fingerprint density at radius 1 is 1.53 bits per heavy atom. The molecule has 0 heterocycles. The van der Waals surface area contributed by atoms with Gasteiger partial charge in [0.2, 0.25) is 0 Å². The molecule has 0 aliphatic heterocycles. The highest BCUT2D eigenvalue weighted by Gasteiger charge is 2.16. The maximum Gasteiger partial charge on any atom is 0.317 e. The summed E-state index contributed by atoms with van der Waals surface area (Å²) < 4.78 is 0. The highest BCUT2D eigenvalue weighted by atomic mass is 16.2. The minimum atomic E-state index is 0.0699. The second-order valence-electron chi connectivity index (χ2n) is 5.09. The number of hydrogen-bond donors (Lipinski definition) is 1. The molecule has 0 aromatic carbocycles. The van der Waals surface area contributed by atoms with Crippen LogP contribution in [0.1, 0.15) is 46.0 Å². The maximum atomic E-state index is 11.9. The van der Waals surface area contributed by atoms with Gasteiger partial charge in [-0.25, -0.2) is 4.79 Å². The topological polar surface area (TPSA) is 32.3 Å². The lowest BCUT2D eigenvalue weighted by molar-refractivity contribution is 0.189. The summed E-state index contributed by atoms with van der Waals surface area (Å²) in [5, 5.41) is 3.04. The SMILES string of the molecule is CCCC(C)N(C)C(=O)NCC1CC=CCC1. The second kappa shape index (κ2) is 7.36. The van der Waals surface area contributed by atoms with Crippen molar-refractivity contribution in [2.75, 3.05) is 13.6 Å². The van der Waals surface area contributed by atoms with Gasteiger partial charge in [0, 0.05) is 19.6 Å². The Morgan fingerprint density at radius 2 is 2.29 bits per heavy atom. The molecule has 0 saturated carbocycles. The molecule has 17 heavy (non-hydrogen) atoms. The van der Waals surface area contributed by atoms with E-state index >= 15 is 0 Å². The van der Waals surface area contributed by atoms with Gasteiger partial charge in [0.15, 0.2) is 0 Å². The van der Waals surface area contributed by atoms with Crippen molar-refractivity contribution in [2.24, 2.45) is 5.92 Å². The van der Waals surface area contributed by atoms with Gasteiger partial charge in [-0.05, 0) is 38.5 Å². The molecule has 0 aromatic rings. The highest BCUT2D eigenvalue weighted by Crippen LogP contribution is 2.17. The van der Waals surface area contributed by atoms with Crippen molar-refractivity contribution in [3.8, 4) is 0 Å². The van der Waals surface area contributed by atoms with Gasteiger partial charge in [0.1, 0.15) is 0 Å². The van der Waals surface area contributed by atoms with E-state index in [0.29, 0.717) is 12.0 Å². The van der Waals surface area contributed by atoms with E-state index in [2.05, 4.69) is 31.3 Å². The molecular formula is C14H26N2O. The first kappa shape index (κ1) is 14.1. The number of nitrogens with zero attached hydrogens (tertiary/aromatic N) is 1. The van der Waals surface area contributed by atoms with Gasteiger partial charge in [-0.3, -0.25) is 0 Å². The number of urea groups is 1. The van der Waals surface area contributed by atoms with Crippen LogP contribution in [0.5, 0.6) is 0 Å². The van der Waals surface area contributed by atoms with Gasteiger partial charge in [0.05, 0.1) is 0 Å². The first-order valence-electron chi connectivity index (χ1n) is 6.80. The lowest BCUT2D eigenvalue weighted by atomic mass is 9.94. The lowest BCUT2D eigenvalue weighted by Crippen LogP contribution is -2.43. The molecule has 0 radical (unpaired) electrons. The molecule has 3 heteroatoms. The summed E-state index contributed by atoms with van der Waals surface area (Å²) in [6.07, 6.45) is 10.1. The monoisotopic (exact) mass is 238 g/mol. The van der Waals surface area contributed by atoms with Gasteiger partial charge in [-0.15, -0.1) is 0 Å². The van der Waals surface area contributed by atoms with Crippen LogP contribution in [-0.4, -0.2) is 30.6 Å². The van der Waals surface area contributed by atoms with Crippen LogP contribution in [0.2, 0.25) is 0 Å². The number of rotatable bonds is 5. The number of allylic oxidation sites excluding steroid dienone is 2. The smallest absolute Gasteiger partial charge is 0.317 e. The Balaban J connectivity index is 2.25. The molecule has 1 aliphatic carbocycles. The predicted molar refractivity (Wildman–Crippen MR) is 72.0 cm³/mol. The van der Waals surface area contributed by atoms with E-state index in [4.69, 9.17) is 0 Å². The first-order chi connectivity index (χ1) is 8.15. The summed E-state index contributed by atoms with van der Waals surface area (Å²) in [5.41, 5.74) is 0. The normalized spacial score (nSPS) is 21.0. The third kappa shape index (κ3) is 4.80. The average molecular weight is 238 g/mol. The van der Waals surface area contributed by atoms with Gasteiger partial charge >= 0.3 is 6.03 Å². The molecule has 0 bridgehead atoms. The molecule has 3 nitrogen and oxygen atoms in total. The molecule has 0 saturated heterocycles. The zero-order chi connectivity index (χ0) is 12.7. The van der Waals surface area contributed by atoms with Crippen LogP contribution in [0.4, 0.5) is 4.79 Å². The van der Waals surface area contributed by atoms with Crippen molar-refractivity contribution in [3.63, 3.8) is 0 Å². The third-order valence-corrected chi connectivity index (χ3v) is 3.61. The third-order valence-electron chi connectivity index (χ3n) is 3.61. The van der Waals surface area contributed by atoms with Crippen molar-refractivity contribution in [2.45, 2.75) is 52.0 Å². The molecule has 1 rings (SSSR count). The first-order valence-corrected chi connectivity index (χ1v) is 6.80. The zero-order valence-corrected chi connectivity index (χ0v) is 11.4. The summed E-state index contributed by atoms with van der Waals surface area (Å²) in [4.78, 5) is 13.7. The molecular weight excluding hydrogens is 212 g/mol. The standard InChI is InChI=1S/C14H26N2O/c1-4-8-12(2)16(3)14(17)15-11-13-9-6-5-7-10-13/h5-6,12-13H,4,7-11H2,1-3H3,(H,15,17). The minimum Gasteiger partial charge on any atom is -0.338 e. The minimum absolute atomic E-state index is 0.0699. The summed E-state index contributed by atoms with van der Waals surface area (Å²) in [5.74, 6) is 0.624. The van der Waals surface area contributed by atoms with Crippen molar-refractivity contribution >= 4 is 6.03 Å². The summed E-state index contributed by atoms with van der Waals surface area (Å²) in [6.45, 7) is 5.06. The van der Waals surface area contributed by atoms with Crippen LogP contribution >= 0.6 is 0 Å². The van der Waals surface area contributed by atoms with Gasteiger partial charge in [0.25, 0.3) is 0 Å². The van der Waals surface area contributed by atoms with Crippen LogP contribution in [0.15, 0.2) is 12.2 Å².